The minimum atomic E-state index is -3.44. The monoisotopic (exact) mass is 335 g/mol. The van der Waals surface area contributed by atoms with Crippen LogP contribution in [0.25, 0.3) is 0 Å². The maximum atomic E-state index is 12.9. The van der Waals surface area contributed by atoms with E-state index < -0.39 is 10.0 Å². The molecule has 1 aromatic heterocycles. The number of halogens is 1. The van der Waals surface area contributed by atoms with Gasteiger partial charge in [-0.25, -0.2) is 8.42 Å². The zero-order chi connectivity index (χ0) is 14.9. The lowest BCUT2D eigenvalue weighted by Gasteiger charge is -2.35. The molecule has 1 fully saturated rings. The number of hydrogen-bond donors (Lipinski definition) is 0. The van der Waals surface area contributed by atoms with Crippen LogP contribution in [0, 0.1) is 12.8 Å². The van der Waals surface area contributed by atoms with Gasteiger partial charge in [-0.15, -0.1) is 22.9 Å². The van der Waals surface area contributed by atoms with Gasteiger partial charge in [0.2, 0.25) is 10.0 Å². The molecule has 1 aliphatic carbocycles. The van der Waals surface area contributed by atoms with Crippen molar-refractivity contribution >= 4 is 33.0 Å². The molecule has 114 valence electrons. The number of alkyl halides is 1. The Hall–Kier alpha value is -0.100. The van der Waals surface area contributed by atoms with E-state index in [4.69, 9.17) is 11.6 Å². The van der Waals surface area contributed by atoms with Crippen molar-refractivity contribution in [1.82, 2.24) is 4.31 Å². The number of hydrogen-bond acceptors (Lipinski definition) is 3. The number of aryl methyl sites for hydroxylation is 1. The molecule has 0 amide bonds. The molecule has 0 radical (unpaired) electrons. The van der Waals surface area contributed by atoms with Gasteiger partial charge in [-0.1, -0.05) is 19.8 Å². The van der Waals surface area contributed by atoms with Crippen LogP contribution in [0.2, 0.25) is 0 Å². The van der Waals surface area contributed by atoms with Crippen molar-refractivity contribution in [2.24, 2.45) is 5.92 Å². The second-order valence-electron chi connectivity index (χ2n) is 5.65. The first-order chi connectivity index (χ1) is 9.39. The van der Waals surface area contributed by atoms with E-state index in [0.717, 1.165) is 29.7 Å². The van der Waals surface area contributed by atoms with Crippen LogP contribution in [0.15, 0.2) is 10.3 Å². The Morgan fingerprint density at radius 3 is 2.65 bits per heavy atom. The van der Waals surface area contributed by atoms with Gasteiger partial charge in [0.1, 0.15) is 4.90 Å². The van der Waals surface area contributed by atoms with Crippen molar-refractivity contribution in [3.05, 3.63) is 15.8 Å². The summed E-state index contributed by atoms with van der Waals surface area (Å²) in [6.45, 7) is 4.00. The lowest BCUT2D eigenvalue weighted by molar-refractivity contribution is 0.213. The predicted molar refractivity (Wildman–Crippen MR) is 85.0 cm³/mol. The second kappa shape index (κ2) is 6.34. The van der Waals surface area contributed by atoms with E-state index in [0.29, 0.717) is 10.8 Å². The van der Waals surface area contributed by atoms with E-state index in [2.05, 4.69) is 6.92 Å². The van der Waals surface area contributed by atoms with Crippen molar-refractivity contribution in [2.45, 2.75) is 56.3 Å². The minimum Gasteiger partial charge on any atom is -0.207 e. The first-order valence-corrected chi connectivity index (χ1v) is 9.86. The maximum absolute atomic E-state index is 12.9. The largest absolute Gasteiger partial charge is 0.244 e. The van der Waals surface area contributed by atoms with E-state index in [9.17, 15) is 8.42 Å². The van der Waals surface area contributed by atoms with Crippen molar-refractivity contribution < 1.29 is 8.42 Å². The summed E-state index contributed by atoms with van der Waals surface area (Å²) in [4.78, 5) is 1.18. The van der Waals surface area contributed by atoms with Crippen LogP contribution >= 0.6 is 22.9 Å². The van der Waals surface area contributed by atoms with Crippen molar-refractivity contribution in [2.75, 3.05) is 7.05 Å². The van der Waals surface area contributed by atoms with Gasteiger partial charge in [0.15, 0.2) is 0 Å². The molecule has 1 aromatic rings. The van der Waals surface area contributed by atoms with Crippen molar-refractivity contribution in [3.63, 3.8) is 0 Å². The molecule has 0 bridgehead atoms. The molecule has 1 aliphatic rings. The van der Waals surface area contributed by atoms with Crippen LogP contribution in [0.3, 0.4) is 0 Å². The fourth-order valence-corrected chi connectivity index (χ4v) is 6.57. The fourth-order valence-electron chi connectivity index (χ4n) is 3.09. The van der Waals surface area contributed by atoms with E-state index in [-0.39, 0.29) is 11.9 Å². The van der Waals surface area contributed by atoms with Crippen LogP contribution in [0.5, 0.6) is 0 Å². The van der Waals surface area contributed by atoms with E-state index in [1.54, 1.807) is 11.4 Å². The molecule has 0 spiro atoms. The maximum Gasteiger partial charge on any atom is 0.244 e. The Labute approximate surface area is 131 Å². The third-order valence-electron chi connectivity index (χ3n) is 4.28. The van der Waals surface area contributed by atoms with Gasteiger partial charge in [0.05, 0.1) is 5.88 Å². The van der Waals surface area contributed by atoms with Crippen LogP contribution in [0.4, 0.5) is 0 Å². The van der Waals surface area contributed by atoms with Gasteiger partial charge in [0, 0.05) is 18.0 Å². The predicted octanol–water partition coefficient (Wildman–Crippen LogP) is 3.99. The quantitative estimate of drug-likeness (QED) is 0.780. The molecule has 6 heteroatoms. The summed E-state index contributed by atoms with van der Waals surface area (Å²) in [6, 6.07) is 0.108. The molecule has 3 nitrogen and oxygen atoms in total. The molecule has 2 atom stereocenters. The lowest BCUT2D eigenvalue weighted by atomic mass is 9.86. The smallest absolute Gasteiger partial charge is 0.207 e. The summed E-state index contributed by atoms with van der Waals surface area (Å²) in [6.07, 6.45) is 4.38. The molecule has 0 saturated heterocycles. The molecule has 2 unspecified atom stereocenters. The number of nitrogens with zero attached hydrogens (tertiary/aromatic N) is 1. The standard InChI is InChI=1S/C14H22ClNO2S2/c1-10-6-4-5-7-12(10)16(3)20(17,18)14-11(2)9-19-13(14)8-15/h9-10,12H,4-8H2,1-3H3. The molecule has 2 rings (SSSR count). The zero-order valence-corrected chi connectivity index (χ0v) is 14.6. The third-order valence-corrected chi connectivity index (χ3v) is 8.05. The highest BCUT2D eigenvalue weighted by atomic mass is 35.5. The van der Waals surface area contributed by atoms with Crippen molar-refractivity contribution in [3.8, 4) is 0 Å². The SMILES string of the molecule is Cc1csc(CCl)c1S(=O)(=O)N(C)C1CCCCC1C. The summed E-state index contributed by atoms with van der Waals surface area (Å²) in [5.41, 5.74) is 0.806. The van der Waals surface area contributed by atoms with Crippen LogP contribution in [-0.2, 0) is 15.9 Å². The topological polar surface area (TPSA) is 37.4 Å². The summed E-state index contributed by atoms with van der Waals surface area (Å²) >= 11 is 7.33. The average Bonchev–Trinajstić information content (AvgIpc) is 2.80. The normalized spacial score (nSPS) is 24.2. The molecule has 20 heavy (non-hydrogen) atoms. The van der Waals surface area contributed by atoms with Crippen LogP contribution in [-0.4, -0.2) is 25.8 Å². The van der Waals surface area contributed by atoms with E-state index >= 15 is 0 Å². The Morgan fingerprint density at radius 1 is 1.40 bits per heavy atom. The van der Waals surface area contributed by atoms with E-state index in [1.165, 1.54) is 17.8 Å². The Balaban J connectivity index is 2.36. The highest BCUT2D eigenvalue weighted by Crippen LogP contribution is 2.35. The highest BCUT2D eigenvalue weighted by Gasteiger charge is 2.35. The number of rotatable bonds is 4. The van der Waals surface area contributed by atoms with Gasteiger partial charge >= 0.3 is 0 Å². The van der Waals surface area contributed by atoms with Gasteiger partial charge in [0.25, 0.3) is 0 Å². The first-order valence-electron chi connectivity index (χ1n) is 7.00. The highest BCUT2D eigenvalue weighted by molar-refractivity contribution is 7.89. The molecular weight excluding hydrogens is 314 g/mol. The molecular formula is C14H22ClNO2S2. The van der Waals surface area contributed by atoms with Gasteiger partial charge in [-0.2, -0.15) is 4.31 Å². The summed E-state index contributed by atoms with van der Waals surface area (Å²) < 4.78 is 27.4. The summed E-state index contributed by atoms with van der Waals surface area (Å²) in [5.74, 6) is 0.670. The van der Waals surface area contributed by atoms with Crippen molar-refractivity contribution in [1.29, 1.82) is 0 Å². The van der Waals surface area contributed by atoms with Gasteiger partial charge in [-0.3, -0.25) is 0 Å². The molecule has 0 aliphatic heterocycles. The molecule has 1 saturated carbocycles. The van der Waals surface area contributed by atoms with Crippen LogP contribution in [0.1, 0.15) is 43.0 Å². The minimum absolute atomic E-state index is 0.108. The van der Waals surface area contributed by atoms with Crippen LogP contribution < -0.4 is 0 Å². The number of thiophene rings is 1. The Morgan fingerprint density at radius 2 is 2.05 bits per heavy atom. The summed E-state index contributed by atoms with van der Waals surface area (Å²) in [7, 11) is -1.72. The zero-order valence-electron chi connectivity index (χ0n) is 12.2. The second-order valence-corrected chi connectivity index (χ2v) is 8.82. The van der Waals surface area contributed by atoms with Gasteiger partial charge < -0.3 is 0 Å². The lowest BCUT2D eigenvalue weighted by Crippen LogP contribution is -2.42. The molecule has 1 heterocycles. The fraction of sp³-hybridized carbons (Fsp3) is 0.714. The third kappa shape index (κ3) is 2.91. The van der Waals surface area contributed by atoms with E-state index in [1.807, 2.05) is 12.3 Å². The average molecular weight is 336 g/mol. The Bertz CT molecular complexity index is 568. The summed E-state index contributed by atoms with van der Waals surface area (Å²) in [5, 5.41) is 1.88. The molecule has 0 N–H and O–H groups in total. The van der Waals surface area contributed by atoms with Gasteiger partial charge in [-0.05, 0) is 36.6 Å². The molecule has 0 aromatic carbocycles. The number of sulfonamides is 1. The first kappa shape index (κ1) is 16.3. The Kier molecular flexibility index (Phi) is 5.16.